The molecule has 22 heavy (non-hydrogen) atoms. The number of thiophene rings is 1. The molecule has 4 nitrogen and oxygen atoms in total. The first kappa shape index (κ1) is 5.08. The molecule has 0 bridgehead atoms. The van der Waals surface area contributed by atoms with Gasteiger partial charge in [-0.3, -0.25) is 0 Å². The molecule has 0 atom stereocenters. The highest BCUT2D eigenvalue weighted by atomic mass is 32.1. The van der Waals surface area contributed by atoms with Gasteiger partial charge < -0.3 is 15.1 Å². The lowest BCUT2D eigenvalue weighted by Gasteiger charge is -2.35. The Balaban J connectivity index is 2.05. The molecule has 0 unspecified atom stereocenters. The second kappa shape index (κ2) is 5.41. The summed E-state index contributed by atoms with van der Waals surface area (Å²) in [6.45, 7) is -12.9. The Bertz CT molecular complexity index is 1390. The highest BCUT2D eigenvalue weighted by Gasteiger charge is 2.20. The lowest BCUT2D eigenvalue weighted by atomic mass is 10.2. The maximum Gasteiger partial charge on any atom is 0.127 e. The van der Waals surface area contributed by atoms with E-state index in [1.54, 1.807) is 0 Å². The summed E-state index contributed by atoms with van der Waals surface area (Å²) in [7, 11) is 0. The van der Waals surface area contributed by atoms with Gasteiger partial charge >= 0.3 is 0 Å². The molecule has 0 radical (unpaired) electrons. The number of rotatable bonds is 1. The third-order valence-corrected chi connectivity index (χ3v) is 3.96. The molecule has 1 N–H and O–H groups in total. The number of hydrogen-bond donors (Lipinski definition) is 1. The van der Waals surface area contributed by atoms with Crippen LogP contribution in [0.5, 0.6) is 0 Å². The molecule has 1 aromatic carbocycles. The molecule has 5 heteroatoms. The van der Waals surface area contributed by atoms with Crippen LogP contribution in [-0.2, 0) is 0 Å². The molecule has 0 aliphatic carbocycles. The summed E-state index contributed by atoms with van der Waals surface area (Å²) in [5.74, 6) is -0.225. The van der Waals surface area contributed by atoms with Crippen LogP contribution in [0, 0.1) is 6.85 Å². The van der Waals surface area contributed by atoms with E-state index in [0.717, 1.165) is 4.90 Å². The van der Waals surface area contributed by atoms with E-state index in [4.69, 9.17) is 20.6 Å². The zero-order valence-corrected chi connectivity index (χ0v) is 12.0. The second-order valence-corrected chi connectivity index (χ2v) is 5.55. The fourth-order valence-corrected chi connectivity index (χ4v) is 2.89. The van der Waals surface area contributed by atoms with Crippen molar-refractivity contribution in [3.05, 3.63) is 45.0 Å². The largest absolute Gasteiger partial charge is 0.355 e. The molecule has 2 aromatic rings. The van der Waals surface area contributed by atoms with E-state index >= 15 is 0 Å². The van der Waals surface area contributed by atoms with E-state index in [0.29, 0.717) is 11.3 Å². The number of anilines is 1. The van der Waals surface area contributed by atoms with E-state index in [9.17, 15) is 0 Å². The maximum absolute atomic E-state index is 8.59. The molecule has 114 valence electrons. The highest BCUT2D eigenvalue weighted by Crippen LogP contribution is 2.27. The van der Waals surface area contributed by atoms with Gasteiger partial charge in [-0.25, -0.2) is 4.99 Å². The predicted molar refractivity (Wildman–Crippen MR) is 92.0 cm³/mol. The van der Waals surface area contributed by atoms with E-state index in [2.05, 4.69) is 10.3 Å². The second-order valence-electron chi connectivity index (χ2n) is 4.55. The molecule has 1 aromatic heterocycles. The maximum atomic E-state index is 8.59. The van der Waals surface area contributed by atoms with Gasteiger partial charge in [-0.1, -0.05) is 12.1 Å². The molecule has 0 amide bonds. The first-order chi connectivity index (χ1) is 16.7. The molecule has 2 aliphatic heterocycles. The number of aryl methyl sites for hydroxylation is 1. The van der Waals surface area contributed by atoms with Gasteiger partial charge in [0.15, 0.2) is 0 Å². The Morgan fingerprint density at radius 1 is 1.36 bits per heavy atom. The number of nitrogens with one attached hydrogen (secondary N) is 1. The van der Waals surface area contributed by atoms with Crippen LogP contribution in [0.4, 0.5) is 11.4 Å². The van der Waals surface area contributed by atoms with Crippen LogP contribution >= 0.6 is 11.3 Å². The molecule has 0 saturated carbocycles. The Hall–Kier alpha value is -1.85. The van der Waals surface area contributed by atoms with Crippen molar-refractivity contribution in [2.45, 2.75) is 6.85 Å². The molecule has 1 saturated heterocycles. The zero-order chi connectivity index (χ0) is 28.0. The van der Waals surface area contributed by atoms with Crippen molar-refractivity contribution in [3.8, 4) is 0 Å². The first-order valence-corrected chi connectivity index (χ1v) is 7.16. The van der Waals surface area contributed by atoms with Crippen LogP contribution in [0.3, 0.4) is 0 Å². The monoisotopic (exact) mass is 327 g/mol. The van der Waals surface area contributed by atoms with E-state index in [-0.39, 0.29) is 36.9 Å². The Kier molecular flexibility index (Phi) is 1.25. The Morgan fingerprint density at radius 2 is 2.23 bits per heavy atom. The van der Waals surface area contributed by atoms with Crippen molar-refractivity contribution < 1.29 is 20.6 Å². The fraction of sp³-hybridized carbons (Fsp3) is 0.353. The standard InChI is InChI=1S/C17H20N4S/c1-12-11-13-16(21-9-7-20(2)8-10-21)18-14-5-3-4-6-15(14)19-17(13)22-12/h3-6,11,18H,7-10H2,1-2H3/i1D3,2D3,3D,4D,5D,6D,7D2,8D2,11D. The van der Waals surface area contributed by atoms with Crippen LogP contribution in [0.1, 0.15) is 25.4 Å². The number of hydrogen-bond acceptors (Lipinski definition) is 5. The van der Waals surface area contributed by atoms with Gasteiger partial charge in [0.1, 0.15) is 10.5 Å². The predicted octanol–water partition coefficient (Wildman–Crippen LogP) is 1.75. The van der Waals surface area contributed by atoms with E-state index in [1.807, 2.05) is 0 Å². The van der Waals surface area contributed by atoms with Crippen LogP contribution in [0.15, 0.2) is 35.2 Å². The van der Waals surface area contributed by atoms with Crippen molar-refractivity contribution in [3.63, 3.8) is 0 Å². The van der Waals surface area contributed by atoms with Crippen molar-refractivity contribution in [2.24, 2.45) is 4.99 Å². The fourth-order valence-electron chi connectivity index (χ4n) is 2.16. The number of likely N-dealkylation sites (N-methyl/N-ethyl adjacent to an activating group) is 1. The third kappa shape index (κ3) is 2.40. The molecular weight excluding hydrogens is 292 g/mol. The quantitative estimate of drug-likeness (QED) is 0.866. The normalized spacial score (nSPS) is 33.7. The molecule has 2 aliphatic rings. The molecule has 3 heterocycles. The highest BCUT2D eigenvalue weighted by molar-refractivity contribution is 7.09. The van der Waals surface area contributed by atoms with Gasteiger partial charge in [0.05, 0.1) is 23.4 Å². The van der Waals surface area contributed by atoms with Gasteiger partial charge in [0.2, 0.25) is 0 Å². The lowest BCUT2D eigenvalue weighted by Crippen LogP contribution is -2.47. The number of nitrogens with zero attached hydrogens (tertiary/aromatic N) is 3. The summed E-state index contributed by atoms with van der Waals surface area (Å²) < 4.78 is 121. The number of para-hydroxylation sites is 2. The van der Waals surface area contributed by atoms with Crippen LogP contribution in [-0.4, -0.2) is 42.9 Å². The summed E-state index contributed by atoms with van der Waals surface area (Å²) in [6, 6.07) is -2.81. The smallest absolute Gasteiger partial charge is 0.127 e. The summed E-state index contributed by atoms with van der Waals surface area (Å²) in [4.78, 5) is 5.10. The summed E-state index contributed by atoms with van der Waals surface area (Å²) in [6.07, 6.45) is 0. The number of benzene rings is 1. The molecule has 4 rings (SSSR count). The zero-order valence-electron chi connectivity index (χ0n) is 26.2. The lowest BCUT2D eigenvalue weighted by molar-refractivity contribution is 0.206. The Labute approximate surface area is 155 Å². The van der Waals surface area contributed by atoms with E-state index < -0.39 is 70.1 Å². The van der Waals surface area contributed by atoms with Gasteiger partial charge in [-0.2, -0.15) is 0 Å². The van der Waals surface area contributed by atoms with Crippen molar-refractivity contribution >= 4 is 28.5 Å². The molecule has 0 spiro atoms. The average Bonchev–Trinajstić information content (AvgIpc) is 2.93. The third-order valence-electron chi connectivity index (χ3n) is 3.17. The van der Waals surface area contributed by atoms with Crippen molar-refractivity contribution in [2.75, 3.05) is 38.4 Å². The minimum Gasteiger partial charge on any atom is -0.355 e. The van der Waals surface area contributed by atoms with Gasteiger partial charge in [0.25, 0.3) is 0 Å². The van der Waals surface area contributed by atoms with Crippen LogP contribution in [0.2, 0.25) is 0 Å². The summed E-state index contributed by atoms with van der Waals surface area (Å²) >= 11 is 0.598. The molecule has 1 fully saturated rings. The van der Waals surface area contributed by atoms with Crippen molar-refractivity contribution in [1.82, 2.24) is 9.80 Å². The SMILES string of the molecule is [2H]c1c([2H])c([2H])c2c(c1[2H])N=c1sc(C([2H])([2H])[2H])c([2H])c1=C(N1CC([2H])([2H])N(C([2H])([2H])[2H])C([2H])([2H])C1)N2. The summed E-state index contributed by atoms with van der Waals surface area (Å²) in [5.41, 5.74) is -0.508. The topological polar surface area (TPSA) is 30.9 Å². The van der Waals surface area contributed by atoms with Crippen molar-refractivity contribution in [1.29, 1.82) is 0 Å². The van der Waals surface area contributed by atoms with E-state index in [1.165, 1.54) is 0 Å². The minimum absolute atomic E-state index is 0.109. The van der Waals surface area contributed by atoms with Crippen LogP contribution in [0.25, 0.3) is 5.82 Å². The van der Waals surface area contributed by atoms with Gasteiger partial charge in [-0.15, -0.1) is 11.3 Å². The average molecular weight is 328 g/mol. The van der Waals surface area contributed by atoms with Gasteiger partial charge in [-0.05, 0) is 32.0 Å². The number of piperazine rings is 1. The number of fused-ring (bicyclic) bond motifs is 2. The minimum atomic E-state index is -3.13. The summed E-state index contributed by atoms with van der Waals surface area (Å²) in [5, 5.41) is 2.58. The molecular formula is C17H20N4S. The Morgan fingerprint density at radius 3 is 3.05 bits per heavy atom. The van der Waals surface area contributed by atoms with Crippen LogP contribution < -0.4 is 15.2 Å². The van der Waals surface area contributed by atoms with Gasteiger partial charge in [0, 0.05) is 44.7 Å². The first-order valence-electron chi connectivity index (χ1n) is 13.8.